The van der Waals surface area contributed by atoms with Crippen LogP contribution in [0.25, 0.3) is 11.3 Å². The molecule has 0 aliphatic carbocycles. The fourth-order valence-electron chi connectivity index (χ4n) is 3.53. The Hall–Kier alpha value is -4.25. The number of sulfonamides is 1. The van der Waals surface area contributed by atoms with Gasteiger partial charge in [0.15, 0.2) is 5.76 Å². The van der Waals surface area contributed by atoms with Crippen molar-refractivity contribution < 1.29 is 22.8 Å². The van der Waals surface area contributed by atoms with Crippen LogP contribution in [0.4, 0.5) is 5.95 Å². The van der Waals surface area contributed by atoms with Crippen LogP contribution in [-0.4, -0.2) is 49.1 Å². The molecule has 11 heteroatoms. The van der Waals surface area contributed by atoms with Crippen LogP contribution in [0.3, 0.4) is 0 Å². The fraction of sp³-hybridized carbons (Fsp3) is 0.231. The lowest BCUT2D eigenvalue weighted by Crippen LogP contribution is -2.20. The standard InChI is InChI=1S/C26H29N5O5S/c1-17(2)35-21(14-27)15-31(5)36-24-13-23(25-18(3)8-6-9-19(25)4)28-26(29-24)30-37(33,34)22-11-7-10-20(12-22)16-32/h6-17,27H,1-5H3,(H,28,29,30)/b21-15+,27-14?. The first-order valence-electron chi connectivity index (χ1n) is 11.4. The quantitative estimate of drug-likeness (QED) is 0.162. The summed E-state index contributed by atoms with van der Waals surface area (Å²) in [5.41, 5.74) is 3.34. The number of benzene rings is 2. The van der Waals surface area contributed by atoms with Crippen LogP contribution in [0, 0.1) is 19.3 Å². The predicted molar refractivity (Wildman–Crippen MR) is 141 cm³/mol. The van der Waals surface area contributed by atoms with Crippen molar-refractivity contribution in [1.82, 2.24) is 15.0 Å². The van der Waals surface area contributed by atoms with E-state index in [9.17, 15) is 13.2 Å². The molecule has 0 saturated carbocycles. The summed E-state index contributed by atoms with van der Waals surface area (Å²) in [5, 5.41) is 8.84. The van der Waals surface area contributed by atoms with Crippen molar-refractivity contribution in [2.75, 3.05) is 11.8 Å². The highest BCUT2D eigenvalue weighted by atomic mass is 32.2. The Kier molecular flexibility index (Phi) is 8.61. The van der Waals surface area contributed by atoms with E-state index in [1.807, 2.05) is 45.9 Å². The lowest BCUT2D eigenvalue weighted by atomic mass is 10.00. The van der Waals surface area contributed by atoms with Crippen LogP contribution >= 0.6 is 0 Å². The molecule has 2 N–H and O–H groups in total. The van der Waals surface area contributed by atoms with Crippen molar-refractivity contribution in [3.05, 3.63) is 77.2 Å². The van der Waals surface area contributed by atoms with E-state index in [1.165, 1.54) is 35.5 Å². The number of allylic oxidation sites excluding steroid dienone is 1. The van der Waals surface area contributed by atoms with Crippen molar-refractivity contribution in [3.63, 3.8) is 0 Å². The van der Waals surface area contributed by atoms with E-state index < -0.39 is 10.0 Å². The highest BCUT2D eigenvalue weighted by Crippen LogP contribution is 2.29. The molecule has 0 radical (unpaired) electrons. The normalized spacial score (nSPS) is 11.7. The second-order valence-corrected chi connectivity index (χ2v) is 10.1. The van der Waals surface area contributed by atoms with Crippen LogP contribution < -0.4 is 9.56 Å². The second kappa shape index (κ2) is 11.7. The minimum atomic E-state index is -4.11. The zero-order chi connectivity index (χ0) is 27.2. The Morgan fingerprint density at radius 2 is 1.76 bits per heavy atom. The summed E-state index contributed by atoms with van der Waals surface area (Å²) in [6.45, 7) is 7.52. The Morgan fingerprint density at radius 3 is 2.38 bits per heavy atom. The van der Waals surface area contributed by atoms with Gasteiger partial charge in [-0.3, -0.25) is 4.79 Å². The molecule has 0 unspecified atom stereocenters. The van der Waals surface area contributed by atoms with Gasteiger partial charge in [-0.05, 0) is 51.0 Å². The molecule has 0 amide bonds. The molecule has 0 atom stereocenters. The van der Waals surface area contributed by atoms with E-state index in [0.29, 0.717) is 12.0 Å². The van der Waals surface area contributed by atoms with Crippen LogP contribution in [0.15, 0.2) is 65.4 Å². The van der Waals surface area contributed by atoms with Crippen molar-refractivity contribution in [3.8, 4) is 17.1 Å². The summed E-state index contributed by atoms with van der Waals surface area (Å²) in [6.07, 6.45) is 2.94. The smallest absolute Gasteiger partial charge is 0.264 e. The van der Waals surface area contributed by atoms with Crippen molar-refractivity contribution in [2.24, 2.45) is 0 Å². The average Bonchev–Trinajstić information content (AvgIpc) is 2.82. The SMILES string of the molecule is Cc1cccc(C)c1-c1cc(ON(C)/C=C(\C=N)OC(C)C)nc(NS(=O)(=O)c2cccc(C=O)c2)n1. The second-order valence-electron chi connectivity index (χ2n) is 8.46. The summed E-state index contributed by atoms with van der Waals surface area (Å²) < 4.78 is 34.0. The van der Waals surface area contributed by atoms with Gasteiger partial charge in [-0.25, -0.2) is 23.2 Å². The summed E-state index contributed by atoms with van der Waals surface area (Å²) in [6, 6.07) is 13.0. The maximum Gasteiger partial charge on any atom is 0.264 e. The first-order chi connectivity index (χ1) is 17.5. The van der Waals surface area contributed by atoms with Gasteiger partial charge in [-0.1, -0.05) is 30.3 Å². The lowest BCUT2D eigenvalue weighted by Gasteiger charge is -2.18. The molecular formula is C26H29N5O5S. The van der Waals surface area contributed by atoms with Gasteiger partial charge in [0.1, 0.15) is 6.29 Å². The number of rotatable bonds is 11. The third-order valence-electron chi connectivity index (χ3n) is 5.03. The molecule has 3 rings (SSSR count). The summed E-state index contributed by atoms with van der Waals surface area (Å²) >= 11 is 0. The number of anilines is 1. The van der Waals surface area contributed by atoms with Gasteiger partial charge in [-0.2, -0.15) is 4.98 Å². The predicted octanol–water partition coefficient (Wildman–Crippen LogP) is 4.52. The van der Waals surface area contributed by atoms with Crippen LogP contribution in [0.2, 0.25) is 0 Å². The van der Waals surface area contributed by atoms with Gasteiger partial charge in [-0.15, -0.1) is 0 Å². The van der Waals surface area contributed by atoms with Crippen molar-refractivity contribution in [1.29, 1.82) is 5.41 Å². The molecule has 194 valence electrons. The average molecular weight is 524 g/mol. The first-order valence-corrected chi connectivity index (χ1v) is 12.8. The zero-order valence-electron chi connectivity index (χ0n) is 21.2. The number of carbonyl (C=O) groups is 1. The summed E-state index contributed by atoms with van der Waals surface area (Å²) in [4.78, 5) is 25.5. The third kappa shape index (κ3) is 7.14. The highest BCUT2D eigenvalue weighted by molar-refractivity contribution is 7.92. The first kappa shape index (κ1) is 27.3. The van der Waals surface area contributed by atoms with Gasteiger partial charge in [0, 0.05) is 24.2 Å². The molecule has 10 nitrogen and oxygen atoms in total. The van der Waals surface area contributed by atoms with Crippen LogP contribution in [-0.2, 0) is 14.8 Å². The minimum absolute atomic E-state index is 0.0552. The van der Waals surface area contributed by atoms with Crippen LogP contribution in [0.5, 0.6) is 5.88 Å². The lowest BCUT2D eigenvalue weighted by molar-refractivity contribution is 0.00987. The molecule has 37 heavy (non-hydrogen) atoms. The van der Waals surface area contributed by atoms with Gasteiger partial charge in [0.25, 0.3) is 15.9 Å². The topological polar surface area (TPSA) is 135 Å². The number of nitrogens with zero attached hydrogens (tertiary/aromatic N) is 3. The number of ether oxygens (including phenoxy) is 1. The van der Waals surface area contributed by atoms with Gasteiger partial charge in [0.2, 0.25) is 5.95 Å². The highest BCUT2D eigenvalue weighted by Gasteiger charge is 2.19. The number of aldehydes is 1. The number of carbonyl (C=O) groups excluding carboxylic acids is 1. The Balaban J connectivity index is 2.05. The van der Waals surface area contributed by atoms with Crippen molar-refractivity contribution in [2.45, 2.75) is 38.7 Å². The number of hydrogen-bond donors (Lipinski definition) is 2. The molecular weight excluding hydrogens is 494 g/mol. The molecule has 1 aromatic heterocycles. The van der Waals surface area contributed by atoms with E-state index >= 15 is 0 Å². The monoisotopic (exact) mass is 523 g/mol. The molecule has 0 saturated heterocycles. The maximum absolute atomic E-state index is 13.1. The van der Waals surface area contributed by atoms with Gasteiger partial charge >= 0.3 is 0 Å². The molecule has 2 aromatic carbocycles. The molecule has 0 fully saturated rings. The van der Waals surface area contributed by atoms with E-state index in [-0.39, 0.29) is 34.2 Å². The van der Waals surface area contributed by atoms with E-state index in [0.717, 1.165) is 22.9 Å². The number of aromatic nitrogens is 2. The van der Waals surface area contributed by atoms with Gasteiger partial charge in [0.05, 0.1) is 29.1 Å². The Morgan fingerprint density at radius 1 is 1.08 bits per heavy atom. The largest absolute Gasteiger partial charge is 0.488 e. The summed E-state index contributed by atoms with van der Waals surface area (Å²) in [7, 11) is -2.53. The number of hydroxylamine groups is 2. The van der Waals surface area contributed by atoms with E-state index in [2.05, 4.69) is 14.7 Å². The fourth-order valence-corrected chi connectivity index (χ4v) is 4.52. The van der Waals surface area contributed by atoms with E-state index in [1.54, 1.807) is 13.1 Å². The maximum atomic E-state index is 13.1. The molecule has 3 aromatic rings. The third-order valence-corrected chi connectivity index (χ3v) is 6.36. The van der Waals surface area contributed by atoms with Gasteiger partial charge < -0.3 is 15.0 Å². The van der Waals surface area contributed by atoms with E-state index in [4.69, 9.17) is 15.0 Å². The number of hydrogen-bond acceptors (Lipinski definition) is 9. The Labute approximate surface area is 216 Å². The molecule has 0 spiro atoms. The van der Waals surface area contributed by atoms with Crippen molar-refractivity contribution >= 4 is 28.5 Å². The Bertz CT molecular complexity index is 1420. The molecule has 0 bridgehead atoms. The minimum Gasteiger partial charge on any atom is -0.488 e. The van der Waals surface area contributed by atoms with Crippen LogP contribution in [0.1, 0.15) is 35.3 Å². The molecule has 1 heterocycles. The molecule has 0 aliphatic rings. The number of aryl methyl sites for hydroxylation is 2. The summed E-state index contributed by atoms with van der Waals surface area (Å²) in [5.74, 6) is 0.104. The zero-order valence-corrected chi connectivity index (χ0v) is 22.0. The molecule has 0 aliphatic heterocycles. The number of nitrogens with one attached hydrogen (secondary N) is 2.